The Labute approximate surface area is 154 Å². The molecule has 0 amide bonds. The molecule has 26 heavy (non-hydrogen) atoms. The molecule has 4 aliphatic carbocycles. The minimum atomic E-state index is -0.370. The molecule has 4 atom stereocenters. The van der Waals surface area contributed by atoms with Crippen LogP contribution in [0.15, 0.2) is 78.4 Å². The molecule has 2 aromatic carbocycles. The van der Waals surface area contributed by atoms with Crippen LogP contribution in [0.5, 0.6) is 0 Å². The van der Waals surface area contributed by atoms with Crippen molar-refractivity contribution in [1.82, 2.24) is 0 Å². The van der Waals surface area contributed by atoms with Crippen molar-refractivity contribution in [1.29, 1.82) is 0 Å². The molecule has 6 rings (SSSR count). The van der Waals surface area contributed by atoms with E-state index in [0.717, 1.165) is 30.4 Å². The van der Waals surface area contributed by atoms with E-state index in [2.05, 4.69) is 66.7 Å². The highest BCUT2D eigenvalue weighted by atomic mass is 16.1. The van der Waals surface area contributed by atoms with Crippen molar-refractivity contribution in [3.8, 4) is 0 Å². The standard InChI is InChI=1S/C25H22O/c26-23-22(17-8-3-1-4-9-17)21-12-7-15-24(21)19-13-14-20(16-19)25(23,24)18-10-5-2-6-11-18/h1-6,8-11,13-14,19-20H,7,12,15-16H2/t19-,20+,24-,25+/m0/s1. The summed E-state index contributed by atoms with van der Waals surface area (Å²) in [6, 6.07) is 21.1. The molecule has 0 unspecified atom stereocenters. The second kappa shape index (κ2) is 4.85. The van der Waals surface area contributed by atoms with E-state index >= 15 is 0 Å². The second-order valence-corrected chi connectivity index (χ2v) is 8.38. The van der Waals surface area contributed by atoms with Gasteiger partial charge in [-0.1, -0.05) is 78.4 Å². The maximum atomic E-state index is 14.2. The van der Waals surface area contributed by atoms with Crippen LogP contribution in [-0.4, -0.2) is 5.78 Å². The Morgan fingerprint density at radius 2 is 1.54 bits per heavy atom. The zero-order chi connectivity index (χ0) is 17.4. The first kappa shape index (κ1) is 14.7. The molecule has 0 aliphatic heterocycles. The van der Waals surface area contributed by atoms with Crippen molar-refractivity contribution >= 4 is 11.4 Å². The molecule has 128 valence electrons. The van der Waals surface area contributed by atoms with Gasteiger partial charge in [-0.2, -0.15) is 0 Å². The number of carbonyl (C=O) groups is 1. The van der Waals surface area contributed by atoms with Gasteiger partial charge in [0.1, 0.15) is 0 Å². The predicted molar refractivity (Wildman–Crippen MR) is 104 cm³/mol. The normalized spacial score (nSPS) is 36.7. The minimum absolute atomic E-state index is 0.0238. The Balaban J connectivity index is 1.69. The SMILES string of the molecule is O=C1C(c2ccccc2)=C2CCC[C@]23[C@H]2C=C[C@H](C2)[C@]13c1ccccc1. The molecule has 4 aliphatic rings. The molecule has 2 saturated carbocycles. The summed E-state index contributed by atoms with van der Waals surface area (Å²) in [5.41, 5.74) is 4.53. The second-order valence-electron chi connectivity index (χ2n) is 8.38. The fourth-order valence-electron chi connectivity index (χ4n) is 7.04. The highest BCUT2D eigenvalue weighted by Gasteiger charge is 2.75. The average molecular weight is 338 g/mol. The van der Waals surface area contributed by atoms with Gasteiger partial charge >= 0.3 is 0 Å². The molecule has 1 heteroatoms. The molecule has 2 aromatic rings. The summed E-state index contributed by atoms with van der Waals surface area (Å²) >= 11 is 0. The summed E-state index contributed by atoms with van der Waals surface area (Å²) in [5.74, 6) is 1.26. The van der Waals surface area contributed by atoms with Crippen LogP contribution < -0.4 is 0 Å². The van der Waals surface area contributed by atoms with Crippen LogP contribution in [0.25, 0.3) is 5.57 Å². The molecular formula is C25H22O. The van der Waals surface area contributed by atoms with Gasteiger partial charge in [0.05, 0.1) is 5.41 Å². The first-order chi connectivity index (χ1) is 12.8. The van der Waals surface area contributed by atoms with Gasteiger partial charge in [-0.3, -0.25) is 4.79 Å². The lowest BCUT2D eigenvalue weighted by atomic mass is 9.54. The van der Waals surface area contributed by atoms with E-state index in [0.29, 0.717) is 17.6 Å². The van der Waals surface area contributed by atoms with Gasteiger partial charge in [-0.25, -0.2) is 0 Å². The predicted octanol–water partition coefficient (Wildman–Crippen LogP) is 5.34. The fraction of sp³-hybridized carbons (Fsp3) is 0.320. The Hall–Kier alpha value is -2.41. The summed E-state index contributed by atoms with van der Waals surface area (Å²) in [6.07, 6.45) is 9.38. The lowest BCUT2D eigenvalue weighted by Crippen LogP contribution is -2.50. The van der Waals surface area contributed by atoms with E-state index in [1.54, 1.807) is 0 Å². The van der Waals surface area contributed by atoms with E-state index in [1.165, 1.54) is 17.6 Å². The number of benzene rings is 2. The first-order valence-corrected chi connectivity index (χ1v) is 9.88. The molecule has 1 spiro atoms. The van der Waals surface area contributed by atoms with E-state index in [9.17, 15) is 4.79 Å². The zero-order valence-electron chi connectivity index (χ0n) is 14.8. The molecule has 2 fully saturated rings. The molecule has 0 radical (unpaired) electrons. The van der Waals surface area contributed by atoms with Crippen LogP contribution in [0, 0.1) is 17.3 Å². The van der Waals surface area contributed by atoms with Crippen molar-refractivity contribution < 1.29 is 4.79 Å². The van der Waals surface area contributed by atoms with E-state index in [1.807, 2.05) is 6.07 Å². The van der Waals surface area contributed by atoms with Crippen molar-refractivity contribution in [3.05, 3.63) is 89.5 Å². The summed E-state index contributed by atoms with van der Waals surface area (Å²) in [7, 11) is 0. The number of allylic oxidation sites excluding steroid dienone is 4. The van der Waals surface area contributed by atoms with Crippen LogP contribution in [0.2, 0.25) is 0 Å². The lowest BCUT2D eigenvalue weighted by Gasteiger charge is -2.46. The topological polar surface area (TPSA) is 17.1 Å². The van der Waals surface area contributed by atoms with Crippen LogP contribution >= 0.6 is 0 Å². The van der Waals surface area contributed by atoms with Gasteiger partial charge in [-0.05, 0) is 48.6 Å². The van der Waals surface area contributed by atoms with Crippen LogP contribution in [-0.2, 0) is 10.2 Å². The third kappa shape index (κ3) is 1.41. The van der Waals surface area contributed by atoms with Crippen LogP contribution in [0.1, 0.15) is 36.8 Å². The van der Waals surface area contributed by atoms with Crippen molar-refractivity contribution in [2.75, 3.05) is 0 Å². The van der Waals surface area contributed by atoms with E-state index in [-0.39, 0.29) is 10.8 Å². The van der Waals surface area contributed by atoms with Crippen LogP contribution in [0.3, 0.4) is 0 Å². The Kier molecular flexibility index (Phi) is 2.75. The molecular weight excluding hydrogens is 316 g/mol. The van der Waals surface area contributed by atoms with E-state index < -0.39 is 0 Å². The highest BCUT2D eigenvalue weighted by molar-refractivity contribution is 6.30. The van der Waals surface area contributed by atoms with Crippen molar-refractivity contribution in [2.24, 2.45) is 17.3 Å². The summed E-state index contributed by atoms with van der Waals surface area (Å²) in [5, 5.41) is 0. The molecule has 1 nitrogen and oxygen atoms in total. The maximum Gasteiger partial charge on any atom is 0.175 e. The fourth-order valence-corrected chi connectivity index (χ4v) is 7.04. The molecule has 0 heterocycles. The van der Waals surface area contributed by atoms with Crippen molar-refractivity contribution in [3.63, 3.8) is 0 Å². The van der Waals surface area contributed by atoms with Gasteiger partial charge in [0.15, 0.2) is 5.78 Å². The number of rotatable bonds is 2. The minimum Gasteiger partial charge on any atom is -0.293 e. The quantitative estimate of drug-likeness (QED) is 0.676. The van der Waals surface area contributed by atoms with Gasteiger partial charge in [0, 0.05) is 11.0 Å². The largest absolute Gasteiger partial charge is 0.293 e. The number of Topliss-reactive ketones (excluding diaryl/α,β-unsaturated/α-hetero) is 1. The number of hydrogen-bond donors (Lipinski definition) is 0. The smallest absolute Gasteiger partial charge is 0.175 e. The average Bonchev–Trinajstić information content (AvgIpc) is 3.42. The number of carbonyl (C=O) groups excluding carboxylic acids is 1. The first-order valence-electron chi connectivity index (χ1n) is 9.88. The summed E-state index contributed by atoms with van der Waals surface area (Å²) < 4.78 is 0. The molecule has 0 saturated heterocycles. The monoisotopic (exact) mass is 338 g/mol. The van der Waals surface area contributed by atoms with Gasteiger partial charge < -0.3 is 0 Å². The number of ketones is 1. The van der Waals surface area contributed by atoms with Crippen LogP contribution in [0.4, 0.5) is 0 Å². The maximum absolute atomic E-state index is 14.2. The Morgan fingerprint density at radius 1 is 0.846 bits per heavy atom. The van der Waals surface area contributed by atoms with E-state index in [4.69, 9.17) is 0 Å². The van der Waals surface area contributed by atoms with Gasteiger partial charge in [0.25, 0.3) is 0 Å². The number of fused-ring (bicyclic) bond motifs is 3. The van der Waals surface area contributed by atoms with Crippen molar-refractivity contribution in [2.45, 2.75) is 31.1 Å². The Bertz CT molecular complexity index is 968. The third-order valence-electron chi connectivity index (χ3n) is 7.69. The number of hydrogen-bond acceptors (Lipinski definition) is 1. The zero-order valence-corrected chi connectivity index (χ0v) is 14.8. The molecule has 0 N–H and O–H groups in total. The molecule has 2 bridgehead atoms. The summed E-state index contributed by atoms with van der Waals surface area (Å²) in [4.78, 5) is 14.2. The highest BCUT2D eigenvalue weighted by Crippen LogP contribution is 2.76. The van der Waals surface area contributed by atoms with Gasteiger partial charge in [0.2, 0.25) is 0 Å². The Morgan fingerprint density at radius 3 is 2.31 bits per heavy atom. The lowest BCUT2D eigenvalue weighted by molar-refractivity contribution is -0.122. The van der Waals surface area contributed by atoms with Gasteiger partial charge in [-0.15, -0.1) is 0 Å². The third-order valence-corrected chi connectivity index (χ3v) is 7.69. The molecule has 0 aromatic heterocycles. The summed E-state index contributed by atoms with van der Waals surface area (Å²) in [6.45, 7) is 0.